The highest BCUT2D eigenvalue weighted by Crippen LogP contribution is 2.20. The van der Waals surface area contributed by atoms with Crippen molar-refractivity contribution in [2.45, 2.75) is 26.8 Å². The van der Waals surface area contributed by atoms with Crippen LogP contribution in [0.2, 0.25) is 0 Å². The van der Waals surface area contributed by atoms with Gasteiger partial charge >= 0.3 is 0 Å². The first-order valence-electron chi connectivity index (χ1n) is 7.82. The second-order valence-corrected chi connectivity index (χ2v) is 6.72. The van der Waals surface area contributed by atoms with Crippen molar-refractivity contribution < 1.29 is 9.59 Å². The molecule has 24 heavy (non-hydrogen) atoms. The van der Waals surface area contributed by atoms with Crippen LogP contribution in [0.3, 0.4) is 0 Å². The van der Waals surface area contributed by atoms with Gasteiger partial charge in [-0.1, -0.05) is 32.0 Å². The molecule has 0 bridgehead atoms. The van der Waals surface area contributed by atoms with Crippen molar-refractivity contribution in [2.24, 2.45) is 5.92 Å². The molecule has 0 aliphatic heterocycles. The normalized spacial score (nSPS) is 11.8. The molecule has 1 heterocycles. The zero-order valence-electron chi connectivity index (χ0n) is 14.0. The SMILES string of the molecule is CC(C)CNC(=O)C(C)NC(=O)c1csc(Nc2ccccc2)n1. The van der Waals surface area contributed by atoms with Gasteiger partial charge in [-0.3, -0.25) is 9.59 Å². The van der Waals surface area contributed by atoms with Gasteiger partial charge in [0.2, 0.25) is 5.91 Å². The van der Waals surface area contributed by atoms with Crippen LogP contribution in [0.5, 0.6) is 0 Å². The first kappa shape index (κ1) is 17.9. The van der Waals surface area contributed by atoms with Gasteiger partial charge in [0, 0.05) is 17.6 Å². The zero-order chi connectivity index (χ0) is 17.5. The first-order chi connectivity index (χ1) is 11.5. The van der Waals surface area contributed by atoms with E-state index >= 15 is 0 Å². The molecular weight excluding hydrogens is 324 g/mol. The highest BCUT2D eigenvalue weighted by atomic mass is 32.1. The average molecular weight is 346 g/mol. The van der Waals surface area contributed by atoms with E-state index in [0.717, 1.165) is 5.69 Å². The molecule has 2 aromatic rings. The maximum absolute atomic E-state index is 12.2. The molecule has 0 spiro atoms. The van der Waals surface area contributed by atoms with Crippen molar-refractivity contribution in [2.75, 3.05) is 11.9 Å². The predicted molar refractivity (Wildman–Crippen MR) is 96.6 cm³/mol. The summed E-state index contributed by atoms with van der Waals surface area (Å²) in [6, 6.07) is 8.99. The molecule has 6 nitrogen and oxygen atoms in total. The van der Waals surface area contributed by atoms with Gasteiger partial charge in [0.15, 0.2) is 5.13 Å². The second-order valence-electron chi connectivity index (χ2n) is 5.86. The smallest absolute Gasteiger partial charge is 0.271 e. The molecule has 1 aromatic carbocycles. The number of amides is 2. The van der Waals surface area contributed by atoms with Crippen LogP contribution < -0.4 is 16.0 Å². The van der Waals surface area contributed by atoms with E-state index in [1.54, 1.807) is 12.3 Å². The molecule has 0 aliphatic carbocycles. The summed E-state index contributed by atoms with van der Waals surface area (Å²) in [7, 11) is 0. The third-order valence-electron chi connectivity index (χ3n) is 3.19. The second kappa shape index (κ2) is 8.44. The molecule has 0 aliphatic rings. The van der Waals surface area contributed by atoms with Crippen LogP contribution in [0.1, 0.15) is 31.3 Å². The number of thiazole rings is 1. The van der Waals surface area contributed by atoms with Crippen LogP contribution in [0.15, 0.2) is 35.7 Å². The third-order valence-corrected chi connectivity index (χ3v) is 3.95. The van der Waals surface area contributed by atoms with Crippen LogP contribution in [-0.4, -0.2) is 29.4 Å². The van der Waals surface area contributed by atoms with Crippen LogP contribution in [0, 0.1) is 5.92 Å². The molecule has 3 N–H and O–H groups in total. The van der Waals surface area contributed by atoms with Crippen molar-refractivity contribution in [1.82, 2.24) is 15.6 Å². The Hall–Kier alpha value is -2.41. The Morgan fingerprint density at radius 1 is 1.17 bits per heavy atom. The van der Waals surface area contributed by atoms with Gasteiger partial charge in [0.05, 0.1) is 0 Å². The van der Waals surface area contributed by atoms with E-state index in [2.05, 4.69) is 20.9 Å². The first-order valence-corrected chi connectivity index (χ1v) is 8.70. The van der Waals surface area contributed by atoms with Gasteiger partial charge in [0.1, 0.15) is 11.7 Å². The Morgan fingerprint density at radius 3 is 2.54 bits per heavy atom. The number of carbonyl (C=O) groups is 2. The molecule has 1 aromatic heterocycles. The quantitative estimate of drug-likeness (QED) is 0.720. The largest absolute Gasteiger partial charge is 0.354 e. The molecule has 0 saturated heterocycles. The molecule has 0 fully saturated rings. The van der Waals surface area contributed by atoms with Crippen molar-refractivity contribution >= 4 is 34.0 Å². The summed E-state index contributed by atoms with van der Waals surface area (Å²) in [6.45, 7) is 6.27. The van der Waals surface area contributed by atoms with Crippen LogP contribution >= 0.6 is 11.3 Å². The fourth-order valence-electron chi connectivity index (χ4n) is 1.87. The topological polar surface area (TPSA) is 83.1 Å². The maximum atomic E-state index is 12.2. The van der Waals surface area contributed by atoms with Gasteiger partial charge in [0.25, 0.3) is 5.91 Å². The van der Waals surface area contributed by atoms with Gasteiger partial charge in [-0.05, 0) is 25.0 Å². The molecule has 1 unspecified atom stereocenters. The fourth-order valence-corrected chi connectivity index (χ4v) is 2.59. The van der Waals surface area contributed by atoms with E-state index in [0.29, 0.717) is 23.3 Å². The van der Waals surface area contributed by atoms with Crippen molar-refractivity contribution in [3.8, 4) is 0 Å². The number of benzene rings is 1. The number of anilines is 2. The average Bonchev–Trinajstić information content (AvgIpc) is 3.02. The summed E-state index contributed by atoms with van der Waals surface area (Å²) in [6.07, 6.45) is 0. The minimum absolute atomic E-state index is 0.199. The summed E-state index contributed by atoms with van der Waals surface area (Å²) in [4.78, 5) is 28.3. The van der Waals surface area contributed by atoms with Crippen molar-refractivity contribution in [3.05, 3.63) is 41.4 Å². The van der Waals surface area contributed by atoms with Gasteiger partial charge in [-0.15, -0.1) is 11.3 Å². The van der Waals surface area contributed by atoms with Crippen LogP contribution in [0.4, 0.5) is 10.8 Å². The van der Waals surface area contributed by atoms with E-state index in [4.69, 9.17) is 0 Å². The molecule has 2 rings (SSSR count). The highest BCUT2D eigenvalue weighted by molar-refractivity contribution is 7.14. The summed E-state index contributed by atoms with van der Waals surface area (Å²) in [5.41, 5.74) is 1.20. The fraction of sp³-hybridized carbons (Fsp3) is 0.353. The van der Waals surface area contributed by atoms with E-state index in [1.165, 1.54) is 11.3 Å². The number of carbonyl (C=O) groups excluding carboxylic acids is 2. The predicted octanol–water partition coefficient (Wildman–Crippen LogP) is 2.78. The molecule has 2 amide bonds. The number of hydrogen-bond acceptors (Lipinski definition) is 5. The number of nitrogens with zero attached hydrogens (tertiary/aromatic N) is 1. The summed E-state index contributed by atoms with van der Waals surface area (Å²) in [5, 5.41) is 10.9. The number of para-hydroxylation sites is 1. The zero-order valence-corrected chi connectivity index (χ0v) is 14.8. The van der Waals surface area contributed by atoms with Crippen LogP contribution in [0.25, 0.3) is 0 Å². The minimum atomic E-state index is -0.608. The Labute approximate surface area is 145 Å². The molecule has 0 saturated carbocycles. The lowest BCUT2D eigenvalue weighted by atomic mass is 10.2. The van der Waals surface area contributed by atoms with Crippen molar-refractivity contribution in [3.63, 3.8) is 0 Å². The third kappa shape index (κ3) is 5.34. The number of nitrogens with one attached hydrogen (secondary N) is 3. The van der Waals surface area contributed by atoms with Gasteiger partial charge < -0.3 is 16.0 Å². The van der Waals surface area contributed by atoms with Crippen LogP contribution in [-0.2, 0) is 4.79 Å². The minimum Gasteiger partial charge on any atom is -0.354 e. The molecular formula is C17H22N4O2S. The molecule has 7 heteroatoms. The van der Waals surface area contributed by atoms with Crippen molar-refractivity contribution in [1.29, 1.82) is 0 Å². The molecule has 0 radical (unpaired) electrons. The van der Waals surface area contributed by atoms with E-state index in [-0.39, 0.29) is 11.8 Å². The summed E-state index contributed by atoms with van der Waals surface area (Å²) in [5.74, 6) is -0.198. The lowest BCUT2D eigenvalue weighted by molar-refractivity contribution is -0.122. The Balaban J connectivity index is 1.90. The Kier molecular flexibility index (Phi) is 6.31. The highest BCUT2D eigenvalue weighted by Gasteiger charge is 2.18. The van der Waals surface area contributed by atoms with E-state index < -0.39 is 6.04 Å². The number of aromatic nitrogens is 1. The Bertz CT molecular complexity index is 685. The van der Waals surface area contributed by atoms with Gasteiger partial charge in [-0.2, -0.15) is 0 Å². The maximum Gasteiger partial charge on any atom is 0.271 e. The summed E-state index contributed by atoms with van der Waals surface area (Å²) < 4.78 is 0. The number of hydrogen-bond donors (Lipinski definition) is 3. The summed E-state index contributed by atoms with van der Waals surface area (Å²) >= 11 is 1.34. The monoisotopic (exact) mass is 346 g/mol. The lowest BCUT2D eigenvalue weighted by Gasteiger charge is -2.14. The molecule has 1 atom stereocenters. The standard InChI is InChI=1S/C17H22N4O2S/c1-11(2)9-18-15(22)12(3)19-16(23)14-10-24-17(21-14)20-13-7-5-4-6-8-13/h4-8,10-12H,9H2,1-3H3,(H,18,22)(H,19,23)(H,20,21). The van der Waals surface area contributed by atoms with E-state index in [9.17, 15) is 9.59 Å². The lowest BCUT2D eigenvalue weighted by Crippen LogP contribution is -2.45. The van der Waals surface area contributed by atoms with E-state index in [1.807, 2.05) is 44.2 Å². The molecule has 128 valence electrons. The number of rotatable bonds is 7. The Morgan fingerprint density at radius 2 is 1.88 bits per heavy atom. The van der Waals surface area contributed by atoms with Gasteiger partial charge in [-0.25, -0.2) is 4.98 Å².